The Balaban J connectivity index is 2.88. The van der Waals surface area contributed by atoms with Gasteiger partial charge in [0.25, 0.3) is 0 Å². The molecule has 2 heterocycles. The molecule has 2 N–H and O–H groups in total. The van der Waals surface area contributed by atoms with Gasteiger partial charge in [-0.15, -0.1) is 0 Å². The van der Waals surface area contributed by atoms with Crippen molar-refractivity contribution in [2.45, 2.75) is 6.92 Å². The molecular weight excluding hydrogens is 206 g/mol. The van der Waals surface area contributed by atoms with Crippen molar-refractivity contribution in [3.05, 3.63) is 24.0 Å². The van der Waals surface area contributed by atoms with Gasteiger partial charge in [0.1, 0.15) is 11.3 Å². The molecule has 5 heteroatoms. The van der Waals surface area contributed by atoms with E-state index in [0.29, 0.717) is 16.7 Å². The fourth-order valence-electron chi connectivity index (χ4n) is 1.56. The number of hydrogen-bond acceptors (Lipinski definition) is 5. The van der Waals surface area contributed by atoms with Gasteiger partial charge in [0.15, 0.2) is 17.2 Å². The Morgan fingerprint density at radius 2 is 2.25 bits per heavy atom. The summed E-state index contributed by atoms with van der Waals surface area (Å²) in [6, 6.07) is 3.53. The first-order valence-electron chi connectivity index (χ1n) is 4.81. The monoisotopic (exact) mass is 217 g/mol. The van der Waals surface area contributed by atoms with Crippen LogP contribution in [0.4, 0.5) is 5.82 Å². The van der Waals surface area contributed by atoms with Gasteiger partial charge in [-0.3, -0.25) is 9.78 Å². The van der Waals surface area contributed by atoms with Crippen molar-refractivity contribution < 1.29 is 9.90 Å². The zero-order valence-corrected chi connectivity index (χ0v) is 8.98. The third-order valence-electron chi connectivity index (χ3n) is 2.31. The van der Waals surface area contributed by atoms with E-state index in [-0.39, 0.29) is 17.2 Å². The number of aromatic hydroxyl groups is 1. The molecule has 0 amide bonds. The van der Waals surface area contributed by atoms with Crippen LogP contribution in [-0.4, -0.2) is 27.9 Å². The average molecular weight is 217 g/mol. The van der Waals surface area contributed by atoms with Gasteiger partial charge >= 0.3 is 0 Å². The predicted molar refractivity (Wildman–Crippen MR) is 60.8 cm³/mol. The second-order valence-electron chi connectivity index (χ2n) is 3.36. The number of ketones is 1. The Hall–Kier alpha value is -2.17. The molecule has 0 spiro atoms. The summed E-state index contributed by atoms with van der Waals surface area (Å²) in [5.41, 5.74) is 0.419. The van der Waals surface area contributed by atoms with Gasteiger partial charge in [0, 0.05) is 25.6 Å². The highest BCUT2D eigenvalue weighted by Crippen LogP contribution is 2.30. The fourth-order valence-corrected chi connectivity index (χ4v) is 1.56. The SMILES string of the molecule is CNc1nc(C(C)=O)c(O)c2ncccc12. The van der Waals surface area contributed by atoms with Crippen molar-refractivity contribution >= 4 is 22.5 Å². The van der Waals surface area contributed by atoms with E-state index < -0.39 is 0 Å². The number of pyridine rings is 2. The molecule has 2 aromatic rings. The molecule has 0 unspecified atom stereocenters. The third-order valence-corrected chi connectivity index (χ3v) is 2.31. The van der Waals surface area contributed by atoms with Gasteiger partial charge in [-0.05, 0) is 12.1 Å². The van der Waals surface area contributed by atoms with Gasteiger partial charge < -0.3 is 10.4 Å². The van der Waals surface area contributed by atoms with Crippen LogP contribution in [-0.2, 0) is 0 Å². The van der Waals surface area contributed by atoms with E-state index >= 15 is 0 Å². The lowest BCUT2D eigenvalue weighted by Gasteiger charge is -2.08. The van der Waals surface area contributed by atoms with Crippen LogP contribution in [0.1, 0.15) is 17.4 Å². The number of carbonyl (C=O) groups excluding carboxylic acids is 1. The van der Waals surface area contributed by atoms with E-state index in [1.807, 2.05) is 0 Å². The number of fused-ring (bicyclic) bond motifs is 1. The molecule has 2 rings (SSSR count). The molecule has 82 valence electrons. The molecule has 0 fully saturated rings. The lowest BCUT2D eigenvalue weighted by Crippen LogP contribution is -2.03. The van der Waals surface area contributed by atoms with E-state index in [0.717, 1.165) is 0 Å². The molecular formula is C11H11N3O2. The van der Waals surface area contributed by atoms with E-state index in [2.05, 4.69) is 15.3 Å². The summed E-state index contributed by atoms with van der Waals surface area (Å²) in [5, 5.41) is 13.4. The molecule has 2 aromatic heterocycles. The topological polar surface area (TPSA) is 75.1 Å². The lowest BCUT2D eigenvalue weighted by molar-refractivity contribution is 0.101. The second-order valence-corrected chi connectivity index (χ2v) is 3.36. The third kappa shape index (κ3) is 1.46. The van der Waals surface area contributed by atoms with Crippen molar-refractivity contribution in [3.63, 3.8) is 0 Å². The highest BCUT2D eigenvalue weighted by atomic mass is 16.3. The summed E-state index contributed by atoms with van der Waals surface area (Å²) < 4.78 is 0. The van der Waals surface area contributed by atoms with E-state index in [4.69, 9.17) is 0 Å². The van der Waals surface area contributed by atoms with Gasteiger partial charge in [0.2, 0.25) is 0 Å². The summed E-state index contributed by atoms with van der Waals surface area (Å²) in [5.74, 6) is 0.0785. The number of Topliss-reactive ketones (excluding diaryl/α,β-unsaturated/α-hetero) is 1. The number of rotatable bonds is 2. The number of nitrogens with zero attached hydrogens (tertiary/aromatic N) is 2. The van der Waals surface area contributed by atoms with Crippen LogP contribution in [0.15, 0.2) is 18.3 Å². The first-order chi connectivity index (χ1) is 7.65. The summed E-state index contributed by atoms with van der Waals surface area (Å²) >= 11 is 0. The quantitative estimate of drug-likeness (QED) is 0.747. The second kappa shape index (κ2) is 3.77. The van der Waals surface area contributed by atoms with Crippen molar-refractivity contribution in [1.82, 2.24) is 9.97 Å². The number of nitrogens with one attached hydrogen (secondary N) is 1. The molecule has 0 aliphatic heterocycles. The zero-order valence-electron chi connectivity index (χ0n) is 8.98. The lowest BCUT2D eigenvalue weighted by atomic mass is 10.1. The summed E-state index contributed by atoms with van der Waals surface area (Å²) in [7, 11) is 1.70. The Bertz CT molecular complexity index is 566. The van der Waals surface area contributed by atoms with Gasteiger partial charge in [-0.1, -0.05) is 0 Å². The predicted octanol–water partition coefficient (Wildman–Crippen LogP) is 1.58. The average Bonchev–Trinajstić information content (AvgIpc) is 2.29. The van der Waals surface area contributed by atoms with E-state index in [9.17, 15) is 9.90 Å². The van der Waals surface area contributed by atoms with Crippen LogP contribution in [0.25, 0.3) is 10.9 Å². The van der Waals surface area contributed by atoms with Gasteiger partial charge in [-0.2, -0.15) is 0 Å². The maximum absolute atomic E-state index is 11.3. The Labute approximate surface area is 92.2 Å². The highest BCUT2D eigenvalue weighted by molar-refractivity contribution is 6.03. The van der Waals surface area contributed by atoms with Gasteiger partial charge in [-0.25, -0.2) is 4.98 Å². The van der Waals surface area contributed by atoms with Crippen LogP contribution < -0.4 is 5.32 Å². The van der Waals surface area contributed by atoms with Crippen LogP contribution in [0.2, 0.25) is 0 Å². The number of carbonyl (C=O) groups is 1. The largest absolute Gasteiger partial charge is 0.504 e. The van der Waals surface area contributed by atoms with Crippen LogP contribution in [0, 0.1) is 0 Å². The molecule has 0 aliphatic carbocycles. The molecule has 16 heavy (non-hydrogen) atoms. The molecule has 0 radical (unpaired) electrons. The highest BCUT2D eigenvalue weighted by Gasteiger charge is 2.16. The standard InChI is InChI=1S/C11H11N3O2/c1-6(15)8-10(16)9-7(4-3-5-13-9)11(12-2)14-8/h3-5,16H,1-2H3,(H,12,14). The van der Waals surface area contributed by atoms with Crippen LogP contribution in [0.3, 0.4) is 0 Å². The molecule has 0 aromatic carbocycles. The van der Waals surface area contributed by atoms with Crippen molar-refractivity contribution in [2.24, 2.45) is 0 Å². The van der Waals surface area contributed by atoms with Gasteiger partial charge in [0.05, 0.1) is 0 Å². The normalized spacial score (nSPS) is 10.4. The van der Waals surface area contributed by atoms with Crippen LogP contribution in [0.5, 0.6) is 5.75 Å². The first-order valence-corrected chi connectivity index (χ1v) is 4.81. The maximum Gasteiger partial charge on any atom is 0.182 e. The Morgan fingerprint density at radius 3 is 2.88 bits per heavy atom. The van der Waals surface area contributed by atoms with E-state index in [1.165, 1.54) is 6.92 Å². The van der Waals surface area contributed by atoms with E-state index in [1.54, 1.807) is 25.4 Å². The number of aromatic nitrogens is 2. The summed E-state index contributed by atoms with van der Waals surface area (Å²) in [6.07, 6.45) is 1.56. The van der Waals surface area contributed by atoms with Crippen molar-refractivity contribution in [1.29, 1.82) is 0 Å². The number of anilines is 1. The number of hydrogen-bond donors (Lipinski definition) is 2. The maximum atomic E-state index is 11.3. The fraction of sp³-hybridized carbons (Fsp3) is 0.182. The smallest absolute Gasteiger partial charge is 0.182 e. The van der Waals surface area contributed by atoms with Crippen molar-refractivity contribution in [3.8, 4) is 5.75 Å². The molecule has 0 saturated heterocycles. The minimum Gasteiger partial charge on any atom is -0.504 e. The molecule has 0 aliphatic rings. The minimum atomic E-state index is -0.290. The van der Waals surface area contributed by atoms with Crippen molar-refractivity contribution in [2.75, 3.05) is 12.4 Å². The summed E-state index contributed by atoms with van der Waals surface area (Å²) in [4.78, 5) is 19.4. The molecule has 0 saturated carbocycles. The minimum absolute atomic E-state index is 0.0375. The van der Waals surface area contributed by atoms with Crippen LogP contribution >= 0.6 is 0 Å². The first kappa shape index (κ1) is 10.4. The molecule has 0 bridgehead atoms. The zero-order chi connectivity index (χ0) is 11.7. The summed E-state index contributed by atoms with van der Waals surface area (Å²) in [6.45, 7) is 1.36. The Morgan fingerprint density at radius 1 is 1.50 bits per heavy atom. The Kier molecular flexibility index (Phi) is 2.44. The molecule has 0 atom stereocenters. The molecule has 5 nitrogen and oxygen atoms in total.